The van der Waals surface area contributed by atoms with Crippen LogP contribution in [-0.4, -0.2) is 25.3 Å². The SMILES string of the molecule is COc1ccc(Cn2cccn2)cc1S(N)(=O)=O. The van der Waals surface area contributed by atoms with Crippen LogP contribution in [0.5, 0.6) is 5.75 Å². The van der Waals surface area contributed by atoms with Gasteiger partial charge in [-0.15, -0.1) is 0 Å². The second kappa shape index (κ2) is 4.79. The van der Waals surface area contributed by atoms with E-state index in [-0.39, 0.29) is 10.6 Å². The normalized spacial score (nSPS) is 11.4. The first-order chi connectivity index (χ1) is 8.50. The van der Waals surface area contributed by atoms with Crippen LogP contribution in [0.4, 0.5) is 0 Å². The summed E-state index contributed by atoms with van der Waals surface area (Å²) in [7, 11) is -2.40. The van der Waals surface area contributed by atoms with Gasteiger partial charge in [0.05, 0.1) is 13.7 Å². The molecule has 0 unspecified atom stereocenters. The van der Waals surface area contributed by atoms with Gasteiger partial charge in [0, 0.05) is 12.4 Å². The van der Waals surface area contributed by atoms with E-state index in [1.165, 1.54) is 13.2 Å². The zero-order chi connectivity index (χ0) is 13.2. The minimum Gasteiger partial charge on any atom is -0.495 e. The smallest absolute Gasteiger partial charge is 0.241 e. The Hall–Kier alpha value is -1.86. The molecule has 96 valence electrons. The van der Waals surface area contributed by atoms with Crippen molar-refractivity contribution < 1.29 is 13.2 Å². The summed E-state index contributed by atoms with van der Waals surface area (Å²) in [5.74, 6) is 0.238. The van der Waals surface area contributed by atoms with Crippen LogP contribution in [0.25, 0.3) is 0 Å². The molecule has 2 aromatic rings. The summed E-state index contributed by atoms with van der Waals surface area (Å²) >= 11 is 0. The fraction of sp³-hybridized carbons (Fsp3) is 0.182. The van der Waals surface area contributed by atoms with Crippen LogP contribution in [0.2, 0.25) is 0 Å². The number of methoxy groups -OCH3 is 1. The molecule has 1 aromatic carbocycles. The zero-order valence-electron chi connectivity index (χ0n) is 9.78. The van der Waals surface area contributed by atoms with Crippen LogP contribution < -0.4 is 9.88 Å². The van der Waals surface area contributed by atoms with Crippen molar-refractivity contribution in [1.29, 1.82) is 0 Å². The minimum atomic E-state index is -3.80. The lowest BCUT2D eigenvalue weighted by Gasteiger charge is -2.09. The highest BCUT2D eigenvalue weighted by molar-refractivity contribution is 7.89. The van der Waals surface area contributed by atoms with Crippen molar-refractivity contribution in [3.8, 4) is 5.75 Å². The molecule has 0 aliphatic rings. The van der Waals surface area contributed by atoms with E-state index in [1.54, 1.807) is 35.3 Å². The Bertz CT molecular complexity index is 636. The van der Waals surface area contributed by atoms with E-state index in [4.69, 9.17) is 9.88 Å². The first-order valence-electron chi connectivity index (χ1n) is 5.18. The van der Waals surface area contributed by atoms with Crippen molar-refractivity contribution in [3.05, 3.63) is 42.2 Å². The number of hydrogen-bond donors (Lipinski definition) is 1. The highest BCUT2D eigenvalue weighted by Gasteiger charge is 2.15. The molecule has 0 bridgehead atoms. The summed E-state index contributed by atoms with van der Waals surface area (Å²) in [5, 5.41) is 9.20. The molecule has 18 heavy (non-hydrogen) atoms. The molecule has 0 saturated heterocycles. The van der Waals surface area contributed by atoms with Crippen molar-refractivity contribution in [2.45, 2.75) is 11.4 Å². The van der Waals surface area contributed by atoms with Crippen LogP contribution in [0.3, 0.4) is 0 Å². The van der Waals surface area contributed by atoms with Crippen molar-refractivity contribution in [1.82, 2.24) is 9.78 Å². The maximum absolute atomic E-state index is 11.4. The number of hydrogen-bond acceptors (Lipinski definition) is 4. The second-order valence-electron chi connectivity index (χ2n) is 3.73. The van der Waals surface area contributed by atoms with Gasteiger partial charge in [0.1, 0.15) is 10.6 Å². The van der Waals surface area contributed by atoms with E-state index in [0.29, 0.717) is 6.54 Å². The lowest BCUT2D eigenvalue weighted by atomic mass is 10.2. The van der Waals surface area contributed by atoms with Crippen LogP contribution in [0, 0.1) is 0 Å². The number of primary sulfonamides is 1. The quantitative estimate of drug-likeness (QED) is 0.878. The maximum atomic E-state index is 11.4. The number of benzene rings is 1. The van der Waals surface area contributed by atoms with Gasteiger partial charge in [0.2, 0.25) is 10.0 Å². The van der Waals surface area contributed by atoms with E-state index in [9.17, 15) is 8.42 Å². The third kappa shape index (κ3) is 2.69. The van der Waals surface area contributed by atoms with Gasteiger partial charge in [-0.25, -0.2) is 13.6 Å². The van der Waals surface area contributed by atoms with E-state index < -0.39 is 10.0 Å². The Labute approximate surface area is 105 Å². The van der Waals surface area contributed by atoms with Crippen molar-refractivity contribution in [2.24, 2.45) is 5.14 Å². The highest BCUT2D eigenvalue weighted by Crippen LogP contribution is 2.23. The summed E-state index contributed by atoms with van der Waals surface area (Å²) in [5.41, 5.74) is 0.781. The predicted octanol–water partition coefficient (Wildman–Crippen LogP) is 0.587. The fourth-order valence-corrected chi connectivity index (χ4v) is 2.37. The second-order valence-corrected chi connectivity index (χ2v) is 5.26. The molecule has 0 fully saturated rings. The molecular weight excluding hydrogens is 254 g/mol. The Kier molecular flexibility index (Phi) is 3.35. The van der Waals surface area contributed by atoms with Crippen molar-refractivity contribution in [2.75, 3.05) is 7.11 Å². The summed E-state index contributed by atoms with van der Waals surface area (Å²) in [4.78, 5) is -0.0188. The molecule has 0 atom stereocenters. The highest BCUT2D eigenvalue weighted by atomic mass is 32.2. The summed E-state index contributed by atoms with van der Waals surface area (Å²) in [6.07, 6.45) is 3.45. The first kappa shape index (κ1) is 12.6. The molecule has 0 amide bonds. The maximum Gasteiger partial charge on any atom is 0.241 e. The van der Waals surface area contributed by atoms with Crippen molar-refractivity contribution >= 4 is 10.0 Å². The average Bonchev–Trinajstić information content (AvgIpc) is 2.80. The Morgan fingerprint density at radius 3 is 2.78 bits per heavy atom. The fourth-order valence-electron chi connectivity index (χ4n) is 1.62. The summed E-state index contributed by atoms with van der Waals surface area (Å²) in [6, 6.07) is 6.65. The van der Waals surface area contributed by atoms with Gasteiger partial charge in [-0.2, -0.15) is 5.10 Å². The number of nitrogens with zero attached hydrogens (tertiary/aromatic N) is 2. The molecule has 2 N–H and O–H groups in total. The van der Waals surface area contributed by atoms with Gasteiger partial charge in [-0.05, 0) is 23.8 Å². The molecule has 0 saturated carbocycles. The van der Waals surface area contributed by atoms with Crippen LogP contribution in [0.15, 0.2) is 41.6 Å². The van der Waals surface area contributed by atoms with E-state index >= 15 is 0 Å². The summed E-state index contributed by atoms with van der Waals surface area (Å²) < 4.78 is 29.6. The molecule has 1 aromatic heterocycles. The standard InChI is InChI=1S/C11H13N3O3S/c1-17-10-4-3-9(7-11(10)18(12,15)16)8-14-6-2-5-13-14/h2-7H,8H2,1H3,(H2,12,15,16). The topological polar surface area (TPSA) is 87.2 Å². The molecule has 0 aliphatic heterocycles. The molecular formula is C11H13N3O3S. The predicted molar refractivity (Wildman–Crippen MR) is 65.7 cm³/mol. The van der Waals surface area contributed by atoms with Gasteiger partial charge in [-0.3, -0.25) is 4.68 Å². The molecule has 2 rings (SSSR count). The number of aromatic nitrogens is 2. The lowest BCUT2D eigenvalue weighted by Crippen LogP contribution is -2.14. The van der Waals surface area contributed by atoms with Crippen LogP contribution in [-0.2, 0) is 16.6 Å². The number of sulfonamides is 1. The Morgan fingerprint density at radius 2 is 2.22 bits per heavy atom. The largest absolute Gasteiger partial charge is 0.495 e. The lowest BCUT2D eigenvalue weighted by molar-refractivity contribution is 0.402. The Morgan fingerprint density at radius 1 is 1.44 bits per heavy atom. The third-order valence-electron chi connectivity index (χ3n) is 2.44. The molecule has 1 heterocycles. The van der Waals surface area contributed by atoms with Gasteiger partial charge in [0.15, 0.2) is 0 Å². The van der Waals surface area contributed by atoms with Crippen LogP contribution >= 0.6 is 0 Å². The number of nitrogens with two attached hydrogens (primary N) is 1. The molecule has 6 nitrogen and oxygen atoms in total. The molecule has 7 heteroatoms. The molecule has 0 spiro atoms. The van der Waals surface area contributed by atoms with E-state index in [1.807, 2.05) is 0 Å². The monoisotopic (exact) mass is 267 g/mol. The van der Waals surface area contributed by atoms with Gasteiger partial charge >= 0.3 is 0 Å². The van der Waals surface area contributed by atoms with E-state index in [0.717, 1.165) is 5.56 Å². The van der Waals surface area contributed by atoms with Gasteiger partial charge < -0.3 is 4.74 Å². The van der Waals surface area contributed by atoms with Gasteiger partial charge in [-0.1, -0.05) is 6.07 Å². The third-order valence-corrected chi connectivity index (χ3v) is 3.37. The average molecular weight is 267 g/mol. The van der Waals surface area contributed by atoms with Crippen LogP contribution in [0.1, 0.15) is 5.56 Å². The molecule has 0 aliphatic carbocycles. The molecule has 0 radical (unpaired) electrons. The number of rotatable bonds is 4. The number of ether oxygens (including phenoxy) is 1. The minimum absolute atomic E-state index is 0.0188. The van der Waals surface area contributed by atoms with Crippen molar-refractivity contribution in [3.63, 3.8) is 0 Å². The van der Waals surface area contributed by atoms with Gasteiger partial charge in [0.25, 0.3) is 0 Å². The zero-order valence-corrected chi connectivity index (χ0v) is 10.6. The van der Waals surface area contributed by atoms with E-state index in [2.05, 4.69) is 5.10 Å². The Balaban J connectivity index is 2.40. The summed E-state index contributed by atoms with van der Waals surface area (Å²) in [6.45, 7) is 0.472. The first-order valence-corrected chi connectivity index (χ1v) is 6.72.